The molecular formula is C26H29F2N3S. The average molecular weight is 454 g/mol. The second-order valence-corrected chi connectivity index (χ2v) is 10.8. The topological polar surface area (TPSA) is 21.1 Å². The molecule has 3 heterocycles. The van der Waals surface area contributed by atoms with Gasteiger partial charge in [0, 0.05) is 35.0 Å². The molecule has 6 heteroatoms. The van der Waals surface area contributed by atoms with E-state index >= 15 is 0 Å². The van der Waals surface area contributed by atoms with Gasteiger partial charge in [0.05, 0.1) is 11.0 Å². The third-order valence-electron chi connectivity index (χ3n) is 7.49. The zero-order chi connectivity index (χ0) is 21.7. The lowest BCUT2D eigenvalue weighted by atomic mass is 9.96. The quantitative estimate of drug-likeness (QED) is 0.299. The summed E-state index contributed by atoms with van der Waals surface area (Å²) in [5.74, 6) is 2.45. The van der Waals surface area contributed by atoms with E-state index in [-0.39, 0.29) is 11.6 Å². The highest BCUT2D eigenvalue weighted by atomic mass is 32.2. The summed E-state index contributed by atoms with van der Waals surface area (Å²) in [5.41, 5.74) is 1.93. The minimum atomic E-state index is -0.196. The maximum atomic E-state index is 13.8. The van der Waals surface area contributed by atoms with E-state index in [0.717, 1.165) is 34.6 Å². The molecule has 0 radical (unpaired) electrons. The monoisotopic (exact) mass is 453 g/mol. The number of thioether (sulfide) groups is 1. The molecule has 2 atom stereocenters. The standard InChI is InChI=1S/C26H29F2N3S/c27-18-4-9-23(10-5-18)32-13-1-12-30-20-7-8-21(30)16-22(15-20)31-25-11-6-19(28)14-24(25)29-26(31)17-2-3-17/h4-6,9-11,14,17,20-22H,1-3,7-8,12-13,15-16H2. The molecule has 1 saturated carbocycles. The predicted molar refractivity (Wildman–Crippen MR) is 125 cm³/mol. The zero-order valence-corrected chi connectivity index (χ0v) is 19.0. The van der Waals surface area contributed by atoms with E-state index in [1.54, 1.807) is 12.1 Å². The van der Waals surface area contributed by atoms with E-state index in [1.165, 1.54) is 56.5 Å². The Hall–Kier alpha value is -1.92. The molecule has 2 unspecified atom stereocenters. The molecule has 168 valence electrons. The lowest BCUT2D eigenvalue weighted by Crippen LogP contribution is -2.44. The largest absolute Gasteiger partial charge is 0.325 e. The summed E-state index contributed by atoms with van der Waals surface area (Å²) in [7, 11) is 0. The van der Waals surface area contributed by atoms with E-state index in [4.69, 9.17) is 4.98 Å². The number of imidazole rings is 1. The van der Waals surface area contributed by atoms with Crippen LogP contribution in [0.25, 0.3) is 11.0 Å². The van der Waals surface area contributed by atoms with Crippen LogP contribution < -0.4 is 0 Å². The van der Waals surface area contributed by atoms with E-state index < -0.39 is 0 Å². The van der Waals surface area contributed by atoms with Gasteiger partial charge < -0.3 is 4.57 Å². The smallest absolute Gasteiger partial charge is 0.125 e. The van der Waals surface area contributed by atoms with Crippen LogP contribution in [0.5, 0.6) is 0 Å². The van der Waals surface area contributed by atoms with Crippen molar-refractivity contribution in [3.8, 4) is 0 Å². The summed E-state index contributed by atoms with van der Waals surface area (Å²) >= 11 is 1.82. The van der Waals surface area contributed by atoms with Crippen LogP contribution in [0.15, 0.2) is 47.4 Å². The molecule has 2 aromatic carbocycles. The van der Waals surface area contributed by atoms with Crippen molar-refractivity contribution in [2.45, 2.75) is 73.9 Å². The van der Waals surface area contributed by atoms with Crippen molar-refractivity contribution in [1.29, 1.82) is 0 Å². The van der Waals surface area contributed by atoms with Gasteiger partial charge in [-0.15, -0.1) is 11.8 Å². The van der Waals surface area contributed by atoms with Crippen molar-refractivity contribution in [2.75, 3.05) is 12.3 Å². The first kappa shape index (κ1) is 20.7. The zero-order valence-electron chi connectivity index (χ0n) is 18.2. The normalized spacial score (nSPS) is 25.6. The number of rotatable bonds is 7. The first-order valence-electron chi connectivity index (χ1n) is 12.0. The summed E-state index contributed by atoms with van der Waals surface area (Å²) in [6.45, 7) is 1.14. The van der Waals surface area contributed by atoms with Gasteiger partial charge in [0.15, 0.2) is 0 Å². The van der Waals surface area contributed by atoms with Gasteiger partial charge in [-0.2, -0.15) is 0 Å². The lowest BCUT2D eigenvalue weighted by Gasteiger charge is -2.40. The first-order chi connectivity index (χ1) is 15.7. The SMILES string of the molecule is Fc1ccc(SCCCN2C3CCC2CC(n2c(C4CC4)nc4cc(F)ccc42)C3)cc1. The van der Waals surface area contributed by atoms with Gasteiger partial charge in [0.25, 0.3) is 0 Å². The Kier molecular flexibility index (Phi) is 5.46. The Morgan fingerprint density at radius 2 is 1.59 bits per heavy atom. The van der Waals surface area contributed by atoms with Crippen LogP contribution in [0.4, 0.5) is 8.78 Å². The van der Waals surface area contributed by atoms with Crippen molar-refractivity contribution in [3.05, 3.63) is 59.9 Å². The van der Waals surface area contributed by atoms with Gasteiger partial charge in [0.1, 0.15) is 17.5 Å². The number of fused-ring (bicyclic) bond motifs is 3. The Morgan fingerprint density at radius 3 is 2.31 bits per heavy atom. The van der Waals surface area contributed by atoms with Crippen LogP contribution in [0, 0.1) is 11.6 Å². The number of hydrogen-bond donors (Lipinski definition) is 0. The van der Waals surface area contributed by atoms with Gasteiger partial charge in [-0.3, -0.25) is 4.90 Å². The highest BCUT2D eigenvalue weighted by Gasteiger charge is 2.42. The number of aromatic nitrogens is 2. The molecule has 3 fully saturated rings. The predicted octanol–water partition coefficient (Wildman–Crippen LogP) is 6.54. The van der Waals surface area contributed by atoms with Gasteiger partial charge in [-0.05, 0) is 93.6 Å². The van der Waals surface area contributed by atoms with Crippen LogP contribution in [0.1, 0.15) is 62.7 Å². The fourth-order valence-electron chi connectivity index (χ4n) is 5.89. The second-order valence-electron chi connectivity index (χ2n) is 9.65. The fraction of sp³-hybridized carbons (Fsp3) is 0.500. The average Bonchev–Trinajstić information content (AvgIpc) is 3.53. The fourth-order valence-corrected chi connectivity index (χ4v) is 6.73. The molecule has 3 aromatic rings. The third kappa shape index (κ3) is 3.96. The molecule has 0 spiro atoms. The van der Waals surface area contributed by atoms with Crippen molar-refractivity contribution >= 4 is 22.8 Å². The number of halogens is 2. The van der Waals surface area contributed by atoms with Crippen molar-refractivity contribution < 1.29 is 8.78 Å². The van der Waals surface area contributed by atoms with Crippen LogP contribution >= 0.6 is 11.8 Å². The van der Waals surface area contributed by atoms with Gasteiger partial charge >= 0.3 is 0 Å². The second kappa shape index (κ2) is 8.45. The Bertz CT molecular complexity index is 1090. The number of nitrogens with zero attached hydrogens (tertiary/aromatic N) is 3. The molecule has 0 amide bonds. The van der Waals surface area contributed by atoms with E-state index in [1.807, 2.05) is 30.0 Å². The minimum Gasteiger partial charge on any atom is -0.325 e. The molecule has 1 aliphatic carbocycles. The van der Waals surface area contributed by atoms with E-state index in [2.05, 4.69) is 9.47 Å². The molecule has 3 aliphatic rings. The van der Waals surface area contributed by atoms with E-state index in [9.17, 15) is 8.78 Å². The Labute approximate surface area is 192 Å². The summed E-state index contributed by atoms with van der Waals surface area (Å²) in [5, 5.41) is 0. The van der Waals surface area contributed by atoms with Gasteiger partial charge in [0.2, 0.25) is 0 Å². The number of benzene rings is 2. The maximum absolute atomic E-state index is 13.8. The van der Waals surface area contributed by atoms with Crippen LogP contribution in [-0.4, -0.2) is 38.8 Å². The molecule has 3 nitrogen and oxygen atoms in total. The van der Waals surface area contributed by atoms with Gasteiger partial charge in [-0.25, -0.2) is 13.8 Å². The molecule has 1 aromatic heterocycles. The van der Waals surface area contributed by atoms with Crippen LogP contribution in [0.3, 0.4) is 0 Å². The molecule has 2 saturated heterocycles. The molecule has 0 N–H and O–H groups in total. The minimum absolute atomic E-state index is 0.172. The number of piperidine rings is 1. The summed E-state index contributed by atoms with van der Waals surface area (Å²) in [6.07, 6.45) is 8.49. The third-order valence-corrected chi connectivity index (χ3v) is 8.59. The number of hydrogen-bond acceptors (Lipinski definition) is 3. The van der Waals surface area contributed by atoms with E-state index in [0.29, 0.717) is 24.0 Å². The molecule has 6 rings (SSSR count). The van der Waals surface area contributed by atoms with Crippen LogP contribution in [0.2, 0.25) is 0 Å². The first-order valence-corrected chi connectivity index (χ1v) is 13.0. The maximum Gasteiger partial charge on any atom is 0.125 e. The molecule has 2 aliphatic heterocycles. The van der Waals surface area contributed by atoms with Crippen LogP contribution in [-0.2, 0) is 0 Å². The molecule has 2 bridgehead atoms. The van der Waals surface area contributed by atoms with Gasteiger partial charge in [-0.1, -0.05) is 0 Å². The molecular weight excluding hydrogens is 424 g/mol. The van der Waals surface area contributed by atoms with Crippen molar-refractivity contribution in [2.24, 2.45) is 0 Å². The summed E-state index contributed by atoms with van der Waals surface area (Å²) in [4.78, 5) is 8.77. The lowest BCUT2D eigenvalue weighted by molar-refractivity contribution is 0.108. The van der Waals surface area contributed by atoms with Crippen molar-refractivity contribution in [1.82, 2.24) is 14.5 Å². The molecule has 32 heavy (non-hydrogen) atoms. The Morgan fingerprint density at radius 1 is 0.875 bits per heavy atom. The Balaban J connectivity index is 1.13. The highest BCUT2D eigenvalue weighted by molar-refractivity contribution is 7.99. The summed E-state index contributed by atoms with van der Waals surface area (Å²) in [6, 6.07) is 13.7. The summed E-state index contributed by atoms with van der Waals surface area (Å²) < 4.78 is 29.4. The van der Waals surface area contributed by atoms with Crippen molar-refractivity contribution in [3.63, 3.8) is 0 Å². The highest BCUT2D eigenvalue weighted by Crippen LogP contribution is 2.46.